The number of hydrogen-bond donors (Lipinski definition) is 1. The highest BCUT2D eigenvalue weighted by molar-refractivity contribution is 7.15. The van der Waals surface area contributed by atoms with Gasteiger partial charge in [-0.2, -0.15) is 13.2 Å². The molecule has 28 heavy (non-hydrogen) atoms. The molecule has 0 spiro atoms. The van der Waals surface area contributed by atoms with E-state index >= 15 is 0 Å². The minimum Gasteiger partial charge on any atom is -0.320 e. The average Bonchev–Trinajstić information content (AvgIpc) is 3.14. The number of benzene rings is 2. The van der Waals surface area contributed by atoms with E-state index in [0.717, 1.165) is 29.0 Å². The van der Waals surface area contributed by atoms with Crippen molar-refractivity contribution in [3.8, 4) is 0 Å². The minimum absolute atomic E-state index is 0.0890. The molecule has 0 aliphatic carbocycles. The Hall–Kier alpha value is -2.71. The van der Waals surface area contributed by atoms with Crippen molar-refractivity contribution in [3.05, 3.63) is 75.2 Å². The van der Waals surface area contributed by atoms with E-state index in [9.17, 15) is 18.0 Å². The fourth-order valence-corrected chi connectivity index (χ4v) is 3.17. The van der Waals surface area contributed by atoms with Gasteiger partial charge < -0.3 is 5.32 Å². The van der Waals surface area contributed by atoms with Gasteiger partial charge in [-0.3, -0.25) is 4.79 Å². The molecule has 0 aliphatic heterocycles. The van der Waals surface area contributed by atoms with Gasteiger partial charge in [0.1, 0.15) is 0 Å². The van der Waals surface area contributed by atoms with E-state index in [0.29, 0.717) is 5.69 Å². The van der Waals surface area contributed by atoms with Crippen molar-refractivity contribution in [1.82, 2.24) is 10.2 Å². The number of nitrogens with zero attached hydrogens (tertiary/aromatic N) is 2. The molecule has 0 unspecified atom stereocenters. The molecule has 4 nitrogen and oxygen atoms in total. The normalized spacial score (nSPS) is 12.1. The summed E-state index contributed by atoms with van der Waals surface area (Å²) >= 11 is 7.10. The summed E-state index contributed by atoms with van der Waals surface area (Å²) in [7, 11) is 0. The molecule has 0 atom stereocenters. The Morgan fingerprint density at radius 3 is 2.46 bits per heavy atom. The molecule has 0 fully saturated rings. The van der Waals surface area contributed by atoms with E-state index in [1.807, 2.05) is 19.1 Å². The predicted molar refractivity (Wildman–Crippen MR) is 104 cm³/mol. The van der Waals surface area contributed by atoms with Gasteiger partial charge in [0.25, 0.3) is 5.91 Å². The van der Waals surface area contributed by atoms with Crippen LogP contribution in [0.25, 0.3) is 11.1 Å². The number of aromatic nitrogens is 2. The number of amides is 1. The van der Waals surface area contributed by atoms with Gasteiger partial charge in [0.05, 0.1) is 10.6 Å². The van der Waals surface area contributed by atoms with Gasteiger partial charge in [0.2, 0.25) is 5.01 Å². The van der Waals surface area contributed by atoms with Crippen LogP contribution in [0, 0.1) is 6.92 Å². The van der Waals surface area contributed by atoms with Crippen LogP contribution in [0.4, 0.5) is 18.9 Å². The summed E-state index contributed by atoms with van der Waals surface area (Å²) in [6.07, 6.45) is -3.10. The summed E-state index contributed by atoms with van der Waals surface area (Å²) in [6, 6.07) is 12.0. The van der Waals surface area contributed by atoms with Crippen molar-refractivity contribution in [2.24, 2.45) is 0 Å². The van der Waals surface area contributed by atoms with Crippen LogP contribution in [-0.4, -0.2) is 16.1 Å². The summed E-state index contributed by atoms with van der Waals surface area (Å²) in [4.78, 5) is 12.3. The number of aryl methyl sites for hydroxylation is 1. The highest BCUT2D eigenvalue weighted by Gasteiger charge is 2.30. The Kier molecular flexibility index (Phi) is 5.81. The number of hydrogen-bond acceptors (Lipinski definition) is 4. The summed E-state index contributed by atoms with van der Waals surface area (Å²) in [6.45, 7) is 1.93. The molecule has 9 heteroatoms. The molecule has 0 bridgehead atoms. The summed E-state index contributed by atoms with van der Waals surface area (Å²) < 4.78 is 38.4. The Labute approximate surface area is 167 Å². The quantitative estimate of drug-likeness (QED) is 0.572. The fraction of sp³-hybridized carbons (Fsp3) is 0.105. The molecule has 0 radical (unpaired) electrons. The molecule has 0 saturated carbocycles. The first-order valence-corrected chi connectivity index (χ1v) is 9.18. The van der Waals surface area contributed by atoms with Crippen molar-refractivity contribution >= 4 is 45.6 Å². The number of rotatable bonds is 4. The second kappa shape index (κ2) is 8.12. The molecule has 3 rings (SSSR count). The lowest BCUT2D eigenvalue weighted by atomic mass is 10.1. The van der Waals surface area contributed by atoms with Crippen LogP contribution >= 0.6 is 22.9 Å². The topological polar surface area (TPSA) is 54.9 Å². The molecule has 1 heterocycles. The third-order valence-corrected chi connectivity index (χ3v) is 5.00. The zero-order chi connectivity index (χ0) is 20.3. The maximum Gasteiger partial charge on any atom is 0.416 e. The molecular weight excluding hydrogens is 411 g/mol. The number of halogens is 4. The zero-order valence-corrected chi connectivity index (χ0v) is 16.0. The van der Waals surface area contributed by atoms with E-state index in [1.54, 1.807) is 12.1 Å². The fourth-order valence-electron chi connectivity index (χ4n) is 2.25. The van der Waals surface area contributed by atoms with Crippen LogP contribution in [0.15, 0.2) is 48.5 Å². The number of alkyl halides is 3. The Morgan fingerprint density at radius 1 is 1.11 bits per heavy atom. The first-order chi connectivity index (χ1) is 13.2. The largest absolute Gasteiger partial charge is 0.416 e. The maximum atomic E-state index is 12.8. The van der Waals surface area contributed by atoms with Gasteiger partial charge in [-0.1, -0.05) is 52.8 Å². The predicted octanol–water partition coefficient (Wildman–Crippen LogP) is 5.85. The molecule has 1 aromatic heterocycles. The van der Waals surface area contributed by atoms with E-state index in [-0.39, 0.29) is 20.6 Å². The van der Waals surface area contributed by atoms with Crippen LogP contribution in [0.2, 0.25) is 0 Å². The Morgan fingerprint density at radius 2 is 1.79 bits per heavy atom. The number of carbonyl (C=O) groups excluding carboxylic acids is 1. The number of carbonyl (C=O) groups is 1. The van der Waals surface area contributed by atoms with Crippen LogP contribution in [0.1, 0.15) is 31.5 Å². The van der Waals surface area contributed by atoms with Gasteiger partial charge in [-0.15, -0.1) is 10.2 Å². The molecule has 3 aromatic rings. The molecule has 0 saturated heterocycles. The number of nitrogens with one attached hydrogen (secondary N) is 1. The van der Waals surface area contributed by atoms with Crippen LogP contribution in [-0.2, 0) is 6.18 Å². The van der Waals surface area contributed by atoms with E-state index in [2.05, 4.69) is 15.5 Å². The van der Waals surface area contributed by atoms with E-state index < -0.39 is 17.6 Å². The smallest absolute Gasteiger partial charge is 0.320 e. The van der Waals surface area contributed by atoms with Gasteiger partial charge in [-0.05, 0) is 42.8 Å². The lowest BCUT2D eigenvalue weighted by Gasteiger charge is -2.06. The molecule has 2 aromatic carbocycles. The van der Waals surface area contributed by atoms with Crippen molar-refractivity contribution in [3.63, 3.8) is 0 Å². The van der Waals surface area contributed by atoms with Crippen molar-refractivity contribution in [1.29, 1.82) is 0 Å². The third-order valence-electron chi connectivity index (χ3n) is 3.64. The second-order valence-electron chi connectivity index (χ2n) is 5.85. The molecule has 1 N–H and O–H groups in total. The van der Waals surface area contributed by atoms with Crippen molar-refractivity contribution in [2.75, 3.05) is 5.32 Å². The van der Waals surface area contributed by atoms with Crippen LogP contribution in [0.3, 0.4) is 0 Å². The van der Waals surface area contributed by atoms with E-state index in [1.165, 1.54) is 18.2 Å². The van der Waals surface area contributed by atoms with Gasteiger partial charge in [0.15, 0.2) is 5.01 Å². The van der Waals surface area contributed by atoms with Gasteiger partial charge in [-0.25, -0.2) is 0 Å². The SMILES string of the molecule is Cc1ccc(NC(=O)c2nnc(/C(Cl)=C/c3cccc(C(F)(F)F)c3)s2)cc1. The monoisotopic (exact) mass is 423 g/mol. The Balaban J connectivity index is 1.76. The number of anilines is 1. The maximum absolute atomic E-state index is 12.8. The molecule has 0 aliphatic rings. The lowest BCUT2D eigenvalue weighted by molar-refractivity contribution is -0.137. The minimum atomic E-state index is -4.44. The zero-order valence-electron chi connectivity index (χ0n) is 14.4. The van der Waals surface area contributed by atoms with Crippen molar-refractivity contribution < 1.29 is 18.0 Å². The van der Waals surface area contributed by atoms with Gasteiger partial charge in [0, 0.05) is 5.69 Å². The summed E-state index contributed by atoms with van der Waals surface area (Å²) in [5.74, 6) is -0.448. The van der Waals surface area contributed by atoms with Gasteiger partial charge >= 0.3 is 6.18 Å². The highest BCUT2D eigenvalue weighted by atomic mass is 35.5. The average molecular weight is 424 g/mol. The standard InChI is InChI=1S/C19H13ClF3N3OS/c1-11-5-7-14(8-6-11)24-16(27)18-26-25-17(28-18)15(20)10-12-3-2-4-13(9-12)19(21,22)23/h2-10H,1H3,(H,24,27)/b15-10-. The third kappa shape index (κ3) is 4.96. The lowest BCUT2D eigenvalue weighted by Crippen LogP contribution is -2.11. The van der Waals surface area contributed by atoms with Crippen LogP contribution < -0.4 is 5.32 Å². The first kappa shape index (κ1) is 20.0. The molecule has 1 amide bonds. The first-order valence-electron chi connectivity index (χ1n) is 7.99. The summed E-state index contributed by atoms with van der Waals surface area (Å²) in [5, 5.41) is 10.7. The molecular formula is C19H13ClF3N3OS. The van der Waals surface area contributed by atoms with E-state index in [4.69, 9.17) is 11.6 Å². The highest BCUT2D eigenvalue weighted by Crippen LogP contribution is 2.31. The summed E-state index contributed by atoms with van der Waals surface area (Å²) in [5.41, 5.74) is 1.16. The molecule has 144 valence electrons. The second-order valence-corrected chi connectivity index (χ2v) is 7.23. The Bertz CT molecular complexity index is 1030. The van der Waals surface area contributed by atoms with Crippen LogP contribution in [0.5, 0.6) is 0 Å². The van der Waals surface area contributed by atoms with Crippen molar-refractivity contribution in [2.45, 2.75) is 13.1 Å².